The maximum atomic E-state index is 11.9. The predicted octanol–water partition coefficient (Wildman–Crippen LogP) is 3.07. The number of pyridine rings is 1. The van der Waals surface area contributed by atoms with Gasteiger partial charge in [0.2, 0.25) is 5.91 Å². The topological polar surface area (TPSA) is 42.0 Å². The van der Waals surface area contributed by atoms with Crippen molar-refractivity contribution in [2.24, 2.45) is 5.41 Å². The number of carbonyl (C=O) groups is 1. The van der Waals surface area contributed by atoms with Gasteiger partial charge in [0.1, 0.15) is 5.82 Å². The third kappa shape index (κ3) is 3.05. The first-order valence-electron chi connectivity index (χ1n) is 5.62. The average molecular weight is 220 g/mol. The quantitative estimate of drug-likeness (QED) is 0.850. The molecular formula is C13H20N2O. The average Bonchev–Trinajstić information content (AvgIpc) is 2.15. The Morgan fingerprint density at radius 2 is 2.00 bits per heavy atom. The second-order valence-corrected chi connectivity index (χ2v) is 4.86. The third-order valence-electron chi connectivity index (χ3n) is 2.84. The molecule has 1 aromatic rings. The van der Waals surface area contributed by atoms with Crippen LogP contribution in [0.25, 0.3) is 0 Å². The Morgan fingerprint density at radius 1 is 1.38 bits per heavy atom. The van der Waals surface area contributed by atoms with Crippen LogP contribution in [0.4, 0.5) is 5.82 Å². The van der Waals surface area contributed by atoms with Crippen LogP contribution in [0.2, 0.25) is 0 Å². The van der Waals surface area contributed by atoms with E-state index in [1.807, 2.05) is 46.8 Å². The minimum Gasteiger partial charge on any atom is -0.310 e. The minimum atomic E-state index is -0.348. The maximum absolute atomic E-state index is 11.9. The van der Waals surface area contributed by atoms with Gasteiger partial charge in [-0.1, -0.05) is 20.8 Å². The Kier molecular flexibility index (Phi) is 3.68. The highest BCUT2D eigenvalue weighted by atomic mass is 16.2. The van der Waals surface area contributed by atoms with Gasteiger partial charge in [0.15, 0.2) is 0 Å². The lowest BCUT2D eigenvalue weighted by Crippen LogP contribution is -2.30. The number of aryl methyl sites for hydroxylation is 2. The fraction of sp³-hybridized carbons (Fsp3) is 0.538. The number of hydrogen-bond donors (Lipinski definition) is 1. The molecule has 1 rings (SSSR count). The molecule has 0 fully saturated rings. The fourth-order valence-corrected chi connectivity index (χ4v) is 1.35. The number of anilines is 1. The van der Waals surface area contributed by atoms with Crippen molar-refractivity contribution in [2.75, 3.05) is 5.32 Å². The summed E-state index contributed by atoms with van der Waals surface area (Å²) in [6, 6.07) is 3.87. The van der Waals surface area contributed by atoms with E-state index in [-0.39, 0.29) is 11.3 Å². The molecular weight excluding hydrogens is 200 g/mol. The Balaban J connectivity index is 2.85. The first kappa shape index (κ1) is 12.7. The molecule has 0 saturated heterocycles. The molecule has 1 N–H and O–H groups in total. The molecule has 0 aliphatic heterocycles. The van der Waals surface area contributed by atoms with Gasteiger partial charge in [-0.05, 0) is 38.0 Å². The van der Waals surface area contributed by atoms with Crippen LogP contribution in [-0.4, -0.2) is 10.9 Å². The normalized spacial score (nSPS) is 11.3. The van der Waals surface area contributed by atoms with E-state index in [9.17, 15) is 4.79 Å². The molecule has 0 radical (unpaired) electrons. The van der Waals surface area contributed by atoms with Gasteiger partial charge in [0.05, 0.1) is 0 Å². The van der Waals surface area contributed by atoms with E-state index in [1.54, 1.807) is 0 Å². The SMILES string of the molecule is CCC(C)(C)C(=O)Nc1cc(C)cc(C)n1. The summed E-state index contributed by atoms with van der Waals surface area (Å²) in [6.45, 7) is 9.80. The van der Waals surface area contributed by atoms with Gasteiger partial charge in [-0.15, -0.1) is 0 Å². The monoisotopic (exact) mass is 220 g/mol. The molecule has 3 nitrogen and oxygen atoms in total. The fourth-order valence-electron chi connectivity index (χ4n) is 1.35. The van der Waals surface area contributed by atoms with Crippen LogP contribution in [-0.2, 0) is 4.79 Å². The Hall–Kier alpha value is -1.38. The molecule has 0 bridgehead atoms. The molecule has 0 aliphatic rings. The van der Waals surface area contributed by atoms with Crippen molar-refractivity contribution < 1.29 is 4.79 Å². The van der Waals surface area contributed by atoms with Gasteiger partial charge in [-0.25, -0.2) is 4.98 Å². The Morgan fingerprint density at radius 3 is 2.50 bits per heavy atom. The molecule has 3 heteroatoms. The van der Waals surface area contributed by atoms with Crippen molar-refractivity contribution in [2.45, 2.75) is 41.0 Å². The zero-order valence-electron chi connectivity index (χ0n) is 10.7. The van der Waals surface area contributed by atoms with Gasteiger partial charge in [-0.2, -0.15) is 0 Å². The summed E-state index contributed by atoms with van der Waals surface area (Å²) in [6.07, 6.45) is 0.809. The second-order valence-electron chi connectivity index (χ2n) is 4.86. The van der Waals surface area contributed by atoms with E-state index in [1.165, 1.54) is 0 Å². The second kappa shape index (κ2) is 4.64. The summed E-state index contributed by atoms with van der Waals surface area (Å²) >= 11 is 0. The number of hydrogen-bond acceptors (Lipinski definition) is 2. The number of rotatable bonds is 3. The van der Waals surface area contributed by atoms with Gasteiger partial charge < -0.3 is 5.32 Å². The van der Waals surface area contributed by atoms with Crippen LogP contribution in [0.5, 0.6) is 0 Å². The third-order valence-corrected chi connectivity index (χ3v) is 2.84. The number of nitrogens with zero attached hydrogens (tertiary/aromatic N) is 1. The van der Waals surface area contributed by atoms with Crippen molar-refractivity contribution in [3.05, 3.63) is 23.4 Å². The first-order valence-corrected chi connectivity index (χ1v) is 5.62. The molecule has 88 valence electrons. The van der Waals surface area contributed by atoms with E-state index >= 15 is 0 Å². The van der Waals surface area contributed by atoms with Crippen molar-refractivity contribution in [1.82, 2.24) is 4.98 Å². The minimum absolute atomic E-state index is 0.0208. The van der Waals surface area contributed by atoms with Crippen LogP contribution < -0.4 is 5.32 Å². The van der Waals surface area contributed by atoms with E-state index in [2.05, 4.69) is 10.3 Å². The number of aromatic nitrogens is 1. The van der Waals surface area contributed by atoms with Crippen LogP contribution in [0.3, 0.4) is 0 Å². The largest absolute Gasteiger partial charge is 0.310 e. The summed E-state index contributed by atoms with van der Waals surface area (Å²) in [5.41, 5.74) is 1.68. The van der Waals surface area contributed by atoms with Gasteiger partial charge in [0.25, 0.3) is 0 Å². The summed E-state index contributed by atoms with van der Waals surface area (Å²) in [5.74, 6) is 0.663. The summed E-state index contributed by atoms with van der Waals surface area (Å²) in [7, 11) is 0. The molecule has 1 heterocycles. The highest BCUT2D eigenvalue weighted by Gasteiger charge is 2.25. The lowest BCUT2D eigenvalue weighted by molar-refractivity contribution is -0.124. The van der Waals surface area contributed by atoms with Gasteiger partial charge in [0, 0.05) is 11.1 Å². The number of nitrogens with one attached hydrogen (secondary N) is 1. The van der Waals surface area contributed by atoms with Crippen LogP contribution in [0, 0.1) is 19.3 Å². The molecule has 0 atom stereocenters. The van der Waals surface area contributed by atoms with Crippen LogP contribution in [0.1, 0.15) is 38.4 Å². The smallest absolute Gasteiger partial charge is 0.231 e. The zero-order chi connectivity index (χ0) is 12.3. The van der Waals surface area contributed by atoms with Gasteiger partial charge in [-0.3, -0.25) is 4.79 Å². The standard InChI is InChI=1S/C13H20N2O/c1-6-13(4,5)12(16)15-11-8-9(2)7-10(3)14-11/h7-8H,6H2,1-5H3,(H,14,15,16). The van der Waals surface area contributed by atoms with Crippen molar-refractivity contribution in [3.63, 3.8) is 0 Å². The molecule has 0 saturated carbocycles. The summed E-state index contributed by atoms with van der Waals surface area (Å²) in [5, 5.41) is 2.86. The van der Waals surface area contributed by atoms with Gasteiger partial charge >= 0.3 is 0 Å². The Bertz CT molecular complexity index is 377. The van der Waals surface area contributed by atoms with E-state index in [0.29, 0.717) is 5.82 Å². The molecule has 1 aromatic heterocycles. The van der Waals surface area contributed by atoms with Crippen LogP contribution >= 0.6 is 0 Å². The lowest BCUT2D eigenvalue weighted by atomic mass is 9.89. The predicted molar refractivity (Wildman–Crippen MR) is 66.4 cm³/mol. The lowest BCUT2D eigenvalue weighted by Gasteiger charge is -2.21. The molecule has 16 heavy (non-hydrogen) atoms. The number of carbonyl (C=O) groups excluding carboxylic acids is 1. The summed E-state index contributed by atoms with van der Waals surface area (Å²) < 4.78 is 0. The number of amides is 1. The van der Waals surface area contributed by atoms with Crippen LogP contribution in [0.15, 0.2) is 12.1 Å². The first-order chi connectivity index (χ1) is 7.35. The molecule has 0 spiro atoms. The molecule has 0 aliphatic carbocycles. The van der Waals surface area contributed by atoms with E-state index < -0.39 is 0 Å². The summed E-state index contributed by atoms with van der Waals surface area (Å²) in [4.78, 5) is 16.2. The van der Waals surface area contributed by atoms with Crippen molar-refractivity contribution in [3.8, 4) is 0 Å². The Labute approximate surface area is 97.3 Å². The molecule has 0 aromatic carbocycles. The molecule has 0 unspecified atom stereocenters. The molecule has 1 amide bonds. The highest BCUT2D eigenvalue weighted by molar-refractivity contribution is 5.94. The maximum Gasteiger partial charge on any atom is 0.231 e. The van der Waals surface area contributed by atoms with E-state index in [0.717, 1.165) is 17.7 Å². The zero-order valence-corrected chi connectivity index (χ0v) is 10.7. The highest BCUT2D eigenvalue weighted by Crippen LogP contribution is 2.22. The van der Waals surface area contributed by atoms with E-state index in [4.69, 9.17) is 0 Å². The van der Waals surface area contributed by atoms with Crippen molar-refractivity contribution in [1.29, 1.82) is 0 Å². The van der Waals surface area contributed by atoms with Crippen molar-refractivity contribution >= 4 is 11.7 Å².